The Bertz CT molecular complexity index is 799. The molecule has 1 amide bonds. The fourth-order valence-electron chi connectivity index (χ4n) is 3.38. The smallest absolute Gasteiger partial charge is 0.230 e. The Labute approximate surface area is 163 Å². The molecule has 2 aromatic rings. The number of hydrogen-bond acceptors (Lipinski definition) is 6. The average molecular weight is 388 g/mol. The highest BCUT2D eigenvalue weighted by atomic mass is 32.2. The Morgan fingerprint density at radius 2 is 2.04 bits per heavy atom. The molecule has 27 heavy (non-hydrogen) atoms. The molecule has 144 valence electrons. The fraction of sp³-hybridized carbons (Fsp3) is 0.526. The lowest BCUT2D eigenvalue weighted by molar-refractivity contribution is -0.118. The molecule has 2 heterocycles. The number of anilines is 1. The van der Waals surface area contributed by atoms with E-state index in [-0.39, 0.29) is 5.91 Å². The Balaban J connectivity index is 1.35. The van der Waals surface area contributed by atoms with Gasteiger partial charge in [-0.15, -0.1) is 10.2 Å². The summed E-state index contributed by atoms with van der Waals surface area (Å²) in [6.07, 6.45) is 4.77. The van der Waals surface area contributed by atoms with E-state index in [1.54, 1.807) is 7.11 Å². The van der Waals surface area contributed by atoms with Gasteiger partial charge in [0, 0.05) is 31.2 Å². The van der Waals surface area contributed by atoms with Crippen molar-refractivity contribution in [2.24, 2.45) is 0 Å². The van der Waals surface area contributed by atoms with E-state index >= 15 is 0 Å². The van der Waals surface area contributed by atoms with E-state index in [1.165, 1.54) is 37.4 Å². The molecule has 1 aromatic carbocycles. The number of amides is 1. The Kier molecular flexibility index (Phi) is 5.52. The second-order valence-corrected chi connectivity index (χ2v) is 7.90. The summed E-state index contributed by atoms with van der Waals surface area (Å²) in [4.78, 5) is 14.6. The summed E-state index contributed by atoms with van der Waals surface area (Å²) in [7, 11) is 1.64. The quantitative estimate of drug-likeness (QED) is 0.702. The molecule has 1 aromatic heterocycles. The van der Waals surface area contributed by atoms with Crippen LogP contribution in [0.25, 0.3) is 0 Å². The minimum atomic E-state index is -0.0148. The van der Waals surface area contributed by atoms with Crippen LogP contribution in [-0.4, -0.2) is 46.6 Å². The SMILES string of the molecule is COc1ccccc1CNC(=O)CSc1nnc(N2CCCC2)n1C1CC1. The molecule has 1 aliphatic heterocycles. The number of methoxy groups -OCH3 is 1. The van der Waals surface area contributed by atoms with E-state index in [0.717, 1.165) is 35.5 Å². The molecule has 0 spiro atoms. The number of ether oxygens (including phenoxy) is 1. The van der Waals surface area contributed by atoms with Gasteiger partial charge in [0.2, 0.25) is 11.9 Å². The second kappa shape index (κ2) is 8.21. The first-order valence-corrected chi connectivity index (χ1v) is 10.5. The molecule has 8 heteroatoms. The van der Waals surface area contributed by atoms with Crippen LogP contribution in [0.15, 0.2) is 29.4 Å². The van der Waals surface area contributed by atoms with E-state index in [4.69, 9.17) is 4.74 Å². The topological polar surface area (TPSA) is 72.3 Å². The maximum Gasteiger partial charge on any atom is 0.230 e. The van der Waals surface area contributed by atoms with Crippen molar-refractivity contribution >= 4 is 23.6 Å². The van der Waals surface area contributed by atoms with Crippen LogP contribution in [0.4, 0.5) is 5.95 Å². The molecule has 2 aliphatic rings. The van der Waals surface area contributed by atoms with Crippen LogP contribution in [0.1, 0.15) is 37.3 Å². The van der Waals surface area contributed by atoms with Gasteiger partial charge in [0.15, 0.2) is 5.16 Å². The van der Waals surface area contributed by atoms with E-state index < -0.39 is 0 Å². The van der Waals surface area contributed by atoms with Gasteiger partial charge in [-0.2, -0.15) is 0 Å². The normalized spacial score (nSPS) is 16.6. The number of hydrogen-bond donors (Lipinski definition) is 1. The van der Waals surface area contributed by atoms with Crippen LogP contribution in [0.5, 0.6) is 5.75 Å². The monoisotopic (exact) mass is 387 g/mol. The minimum absolute atomic E-state index is 0.0148. The van der Waals surface area contributed by atoms with Crippen molar-refractivity contribution in [2.45, 2.75) is 43.4 Å². The molecule has 0 bridgehead atoms. The highest BCUT2D eigenvalue weighted by Crippen LogP contribution is 2.41. The predicted octanol–water partition coefficient (Wildman–Crippen LogP) is 2.63. The van der Waals surface area contributed by atoms with Gasteiger partial charge < -0.3 is 15.0 Å². The fourth-order valence-corrected chi connectivity index (χ4v) is 4.21. The van der Waals surface area contributed by atoms with Gasteiger partial charge >= 0.3 is 0 Å². The zero-order chi connectivity index (χ0) is 18.6. The molecule has 1 aliphatic carbocycles. The summed E-state index contributed by atoms with van der Waals surface area (Å²) >= 11 is 1.47. The van der Waals surface area contributed by atoms with E-state index in [9.17, 15) is 4.79 Å². The Morgan fingerprint density at radius 1 is 1.26 bits per heavy atom. The van der Waals surface area contributed by atoms with Gasteiger partial charge in [-0.05, 0) is 31.7 Å². The Morgan fingerprint density at radius 3 is 2.78 bits per heavy atom. The van der Waals surface area contributed by atoms with Crippen molar-refractivity contribution in [3.8, 4) is 5.75 Å². The van der Waals surface area contributed by atoms with Crippen LogP contribution in [0, 0.1) is 0 Å². The van der Waals surface area contributed by atoms with Crippen molar-refractivity contribution < 1.29 is 9.53 Å². The molecule has 0 unspecified atom stereocenters. The standard InChI is InChI=1S/C19H25N5O2S/c1-26-16-7-3-2-6-14(16)12-20-17(25)13-27-19-22-21-18(23-10-4-5-11-23)24(19)15-8-9-15/h2-3,6-7,15H,4-5,8-13H2,1H3,(H,20,25). The molecule has 1 saturated heterocycles. The molecule has 1 N–H and O–H groups in total. The molecule has 7 nitrogen and oxygen atoms in total. The van der Waals surface area contributed by atoms with E-state index in [1.807, 2.05) is 24.3 Å². The molecular formula is C19H25N5O2S. The molecule has 4 rings (SSSR count). The van der Waals surface area contributed by atoms with Gasteiger partial charge in [0.25, 0.3) is 0 Å². The highest BCUT2D eigenvalue weighted by molar-refractivity contribution is 7.99. The minimum Gasteiger partial charge on any atom is -0.496 e. The van der Waals surface area contributed by atoms with Gasteiger partial charge in [-0.1, -0.05) is 30.0 Å². The summed E-state index contributed by atoms with van der Waals surface area (Å²) in [5, 5.41) is 12.6. The number of thioether (sulfide) groups is 1. The molecule has 2 fully saturated rings. The average Bonchev–Trinajstić information content (AvgIpc) is 3.21. The number of carbonyl (C=O) groups is 1. The number of para-hydroxylation sites is 1. The summed E-state index contributed by atoms with van der Waals surface area (Å²) < 4.78 is 7.56. The third kappa shape index (κ3) is 4.21. The predicted molar refractivity (Wildman–Crippen MR) is 105 cm³/mol. The number of nitrogens with zero attached hydrogens (tertiary/aromatic N) is 4. The van der Waals surface area contributed by atoms with Gasteiger partial charge in [0.05, 0.1) is 12.9 Å². The molecule has 0 radical (unpaired) electrons. The number of nitrogens with one attached hydrogen (secondary N) is 1. The number of benzene rings is 1. The number of aromatic nitrogens is 3. The molecular weight excluding hydrogens is 362 g/mol. The van der Waals surface area contributed by atoms with Crippen LogP contribution < -0.4 is 15.0 Å². The maximum absolute atomic E-state index is 12.3. The maximum atomic E-state index is 12.3. The first-order chi connectivity index (χ1) is 13.3. The largest absolute Gasteiger partial charge is 0.496 e. The number of rotatable bonds is 8. The second-order valence-electron chi connectivity index (χ2n) is 6.96. The van der Waals surface area contributed by atoms with Crippen molar-refractivity contribution in [1.82, 2.24) is 20.1 Å². The third-order valence-corrected chi connectivity index (χ3v) is 5.89. The molecule has 1 saturated carbocycles. The van der Waals surface area contributed by atoms with Crippen LogP contribution in [-0.2, 0) is 11.3 Å². The summed E-state index contributed by atoms with van der Waals surface area (Å²) in [5.41, 5.74) is 0.968. The molecule has 0 atom stereocenters. The third-order valence-electron chi connectivity index (χ3n) is 4.95. The lowest BCUT2D eigenvalue weighted by Crippen LogP contribution is -2.25. The zero-order valence-corrected chi connectivity index (χ0v) is 16.4. The van der Waals surface area contributed by atoms with Gasteiger partial charge in [0.1, 0.15) is 5.75 Å². The number of carbonyl (C=O) groups excluding carboxylic acids is 1. The summed E-state index contributed by atoms with van der Waals surface area (Å²) in [6, 6.07) is 8.21. The van der Waals surface area contributed by atoms with Crippen LogP contribution in [0.3, 0.4) is 0 Å². The lowest BCUT2D eigenvalue weighted by atomic mass is 10.2. The van der Waals surface area contributed by atoms with Crippen molar-refractivity contribution in [3.05, 3.63) is 29.8 Å². The summed E-state index contributed by atoms with van der Waals surface area (Å²) in [5.74, 6) is 2.08. The zero-order valence-electron chi connectivity index (χ0n) is 15.6. The van der Waals surface area contributed by atoms with Gasteiger partial charge in [-0.25, -0.2) is 0 Å². The highest BCUT2D eigenvalue weighted by Gasteiger charge is 2.32. The van der Waals surface area contributed by atoms with Crippen molar-refractivity contribution in [3.63, 3.8) is 0 Å². The lowest BCUT2D eigenvalue weighted by Gasteiger charge is -2.17. The van der Waals surface area contributed by atoms with Crippen LogP contribution >= 0.6 is 11.8 Å². The van der Waals surface area contributed by atoms with Crippen molar-refractivity contribution in [2.75, 3.05) is 30.9 Å². The van der Waals surface area contributed by atoms with Crippen molar-refractivity contribution in [1.29, 1.82) is 0 Å². The van der Waals surface area contributed by atoms with E-state index in [0.29, 0.717) is 18.3 Å². The van der Waals surface area contributed by atoms with Gasteiger partial charge in [-0.3, -0.25) is 9.36 Å². The first kappa shape index (κ1) is 18.2. The van der Waals surface area contributed by atoms with E-state index in [2.05, 4.69) is 25.0 Å². The summed E-state index contributed by atoms with van der Waals surface area (Å²) in [6.45, 7) is 2.56. The van der Waals surface area contributed by atoms with Crippen LogP contribution in [0.2, 0.25) is 0 Å². The first-order valence-electron chi connectivity index (χ1n) is 9.47. The Hall–Kier alpha value is -2.22.